The predicted molar refractivity (Wildman–Crippen MR) is 57.2 cm³/mol. The number of unbranched alkanes of at least 4 members (excludes halogenated alkanes) is 1. The van der Waals surface area contributed by atoms with Crippen LogP contribution >= 0.6 is 0 Å². The van der Waals surface area contributed by atoms with Crippen LogP contribution in [0.4, 0.5) is 0 Å². The number of aromatic amines is 1. The van der Waals surface area contributed by atoms with E-state index in [4.69, 9.17) is 4.74 Å². The van der Waals surface area contributed by atoms with Crippen molar-refractivity contribution >= 4 is 5.97 Å². The smallest absolute Gasteiger partial charge is 0.328 e. The summed E-state index contributed by atoms with van der Waals surface area (Å²) in [4.78, 5) is 35.3. The molecule has 0 saturated carbocycles. The van der Waals surface area contributed by atoms with Gasteiger partial charge < -0.3 is 4.74 Å². The van der Waals surface area contributed by atoms with E-state index in [0.717, 1.165) is 17.4 Å². The summed E-state index contributed by atoms with van der Waals surface area (Å²) in [5.74, 6) is -0.484. The molecule has 16 heavy (non-hydrogen) atoms. The van der Waals surface area contributed by atoms with Crippen molar-refractivity contribution in [1.82, 2.24) is 9.55 Å². The third-order valence-corrected chi connectivity index (χ3v) is 1.96. The minimum atomic E-state index is -0.611. The van der Waals surface area contributed by atoms with E-state index in [1.165, 1.54) is 12.3 Å². The van der Waals surface area contributed by atoms with Gasteiger partial charge >= 0.3 is 11.7 Å². The van der Waals surface area contributed by atoms with E-state index >= 15 is 0 Å². The zero-order valence-corrected chi connectivity index (χ0v) is 9.06. The van der Waals surface area contributed by atoms with Gasteiger partial charge in [-0.15, -0.1) is 0 Å². The van der Waals surface area contributed by atoms with Crippen LogP contribution < -0.4 is 11.2 Å². The summed E-state index contributed by atoms with van der Waals surface area (Å²) in [7, 11) is 0. The molecule has 6 heteroatoms. The molecule has 0 aliphatic heterocycles. The molecule has 0 aliphatic rings. The summed E-state index contributed by atoms with van der Waals surface area (Å²) in [6.07, 6.45) is 3.00. The lowest BCUT2D eigenvalue weighted by Gasteiger charge is -2.05. The topological polar surface area (TPSA) is 81.2 Å². The van der Waals surface area contributed by atoms with Crippen molar-refractivity contribution in [2.24, 2.45) is 0 Å². The number of ether oxygens (including phenoxy) is 1. The molecule has 0 atom stereocenters. The van der Waals surface area contributed by atoms with Crippen molar-refractivity contribution in [2.45, 2.75) is 26.3 Å². The Bertz CT molecular complexity index is 460. The first-order chi connectivity index (χ1) is 7.63. The van der Waals surface area contributed by atoms with E-state index in [1.54, 1.807) is 0 Å². The number of carbonyl (C=O) groups is 1. The van der Waals surface area contributed by atoms with Crippen LogP contribution in [0, 0.1) is 0 Å². The second kappa shape index (κ2) is 5.89. The number of aromatic nitrogens is 2. The molecule has 0 aliphatic carbocycles. The fraction of sp³-hybridized carbons (Fsp3) is 0.500. The Kier molecular flexibility index (Phi) is 4.50. The monoisotopic (exact) mass is 226 g/mol. The van der Waals surface area contributed by atoms with Crippen molar-refractivity contribution in [2.75, 3.05) is 6.61 Å². The van der Waals surface area contributed by atoms with Gasteiger partial charge in [0.1, 0.15) is 6.54 Å². The normalized spacial score (nSPS) is 10.1. The van der Waals surface area contributed by atoms with Gasteiger partial charge in [-0.1, -0.05) is 13.3 Å². The molecule has 0 saturated heterocycles. The van der Waals surface area contributed by atoms with E-state index in [2.05, 4.69) is 4.98 Å². The third-order valence-electron chi connectivity index (χ3n) is 1.96. The highest BCUT2D eigenvalue weighted by Gasteiger charge is 2.05. The number of hydrogen-bond acceptors (Lipinski definition) is 4. The zero-order valence-electron chi connectivity index (χ0n) is 9.06. The number of nitrogens with zero attached hydrogens (tertiary/aromatic N) is 1. The van der Waals surface area contributed by atoms with Crippen molar-refractivity contribution in [3.63, 3.8) is 0 Å². The maximum Gasteiger partial charge on any atom is 0.328 e. The molecule has 1 aromatic rings. The summed E-state index contributed by atoms with van der Waals surface area (Å²) in [5, 5.41) is 0. The van der Waals surface area contributed by atoms with Gasteiger partial charge in [-0.3, -0.25) is 19.1 Å². The summed E-state index contributed by atoms with van der Waals surface area (Å²) < 4.78 is 5.97. The fourth-order valence-electron chi connectivity index (χ4n) is 1.08. The summed E-state index contributed by atoms with van der Waals surface area (Å²) in [5.41, 5.74) is -1.10. The molecule has 0 radical (unpaired) electrons. The van der Waals surface area contributed by atoms with E-state index in [1.807, 2.05) is 6.92 Å². The predicted octanol–water partition coefficient (Wildman–Crippen LogP) is -0.120. The van der Waals surface area contributed by atoms with Gasteiger partial charge in [0.15, 0.2) is 0 Å². The molecule has 0 aromatic carbocycles. The average Bonchev–Trinajstić information content (AvgIpc) is 2.23. The lowest BCUT2D eigenvalue weighted by molar-refractivity contribution is -0.144. The SMILES string of the molecule is CCCCOC(=O)Cn1ccc(=O)[nH]c1=O. The largest absolute Gasteiger partial charge is 0.464 e. The number of nitrogens with one attached hydrogen (secondary N) is 1. The van der Waals surface area contributed by atoms with Crippen LogP contribution in [0.15, 0.2) is 21.9 Å². The molecule has 1 N–H and O–H groups in total. The van der Waals surface area contributed by atoms with Gasteiger partial charge in [0.05, 0.1) is 6.61 Å². The molecule has 1 rings (SSSR count). The molecular formula is C10H14N2O4. The highest BCUT2D eigenvalue weighted by molar-refractivity contribution is 5.69. The molecule has 88 valence electrons. The number of esters is 1. The van der Waals surface area contributed by atoms with E-state index in [0.29, 0.717) is 6.61 Å². The first-order valence-corrected chi connectivity index (χ1v) is 5.09. The van der Waals surface area contributed by atoms with Crippen LogP contribution in [0.25, 0.3) is 0 Å². The molecule has 0 amide bonds. The van der Waals surface area contributed by atoms with Crippen LogP contribution in [0.5, 0.6) is 0 Å². The molecular weight excluding hydrogens is 212 g/mol. The van der Waals surface area contributed by atoms with Gasteiger partial charge in [-0.05, 0) is 6.42 Å². The molecule has 0 unspecified atom stereocenters. The van der Waals surface area contributed by atoms with E-state index < -0.39 is 17.2 Å². The third kappa shape index (κ3) is 3.72. The van der Waals surface area contributed by atoms with Crippen LogP contribution in [0.1, 0.15) is 19.8 Å². The number of carbonyl (C=O) groups excluding carboxylic acids is 1. The van der Waals surface area contributed by atoms with Crippen molar-refractivity contribution in [3.8, 4) is 0 Å². The fourth-order valence-corrected chi connectivity index (χ4v) is 1.08. The highest BCUT2D eigenvalue weighted by Crippen LogP contribution is 1.90. The second-order valence-corrected chi connectivity index (χ2v) is 3.31. The zero-order chi connectivity index (χ0) is 12.0. The van der Waals surface area contributed by atoms with Gasteiger partial charge in [-0.25, -0.2) is 4.79 Å². The van der Waals surface area contributed by atoms with Crippen LogP contribution in [0.2, 0.25) is 0 Å². The van der Waals surface area contributed by atoms with Crippen LogP contribution in [-0.2, 0) is 16.1 Å². The quantitative estimate of drug-likeness (QED) is 0.560. The Morgan fingerprint density at radius 3 is 2.88 bits per heavy atom. The average molecular weight is 226 g/mol. The van der Waals surface area contributed by atoms with Crippen LogP contribution in [-0.4, -0.2) is 22.1 Å². The summed E-state index contributed by atoms with van der Waals surface area (Å²) >= 11 is 0. The standard InChI is InChI=1S/C10H14N2O4/c1-2-3-6-16-9(14)7-12-5-4-8(13)11-10(12)15/h4-5H,2-3,6-7H2,1H3,(H,11,13,15). The number of H-pyrrole nitrogens is 1. The van der Waals surface area contributed by atoms with E-state index in [9.17, 15) is 14.4 Å². The first kappa shape index (κ1) is 12.2. The Morgan fingerprint density at radius 2 is 2.25 bits per heavy atom. The Hall–Kier alpha value is -1.85. The number of hydrogen-bond donors (Lipinski definition) is 1. The highest BCUT2D eigenvalue weighted by atomic mass is 16.5. The molecule has 0 bridgehead atoms. The molecule has 6 nitrogen and oxygen atoms in total. The van der Waals surface area contributed by atoms with Gasteiger partial charge in [0, 0.05) is 12.3 Å². The Balaban J connectivity index is 2.56. The van der Waals surface area contributed by atoms with Crippen molar-refractivity contribution < 1.29 is 9.53 Å². The summed E-state index contributed by atoms with van der Waals surface area (Å²) in [6, 6.07) is 1.18. The Labute approximate surface area is 91.9 Å². The minimum Gasteiger partial charge on any atom is -0.464 e. The van der Waals surface area contributed by atoms with Gasteiger partial charge in [0.2, 0.25) is 0 Å². The molecule has 1 aromatic heterocycles. The lowest BCUT2D eigenvalue weighted by atomic mass is 10.4. The molecule has 0 spiro atoms. The maximum absolute atomic E-state index is 11.3. The van der Waals surface area contributed by atoms with Crippen LogP contribution in [0.3, 0.4) is 0 Å². The van der Waals surface area contributed by atoms with Crippen molar-refractivity contribution in [3.05, 3.63) is 33.1 Å². The van der Waals surface area contributed by atoms with E-state index in [-0.39, 0.29) is 6.54 Å². The lowest BCUT2D eigenvalue weighted by Crippen LogP contribution is -2.31. The maximum atomic E-state index is 11.3. The molecule has 0 fully saturated rings. The first-order valence-electron chi connectivity index (χ1n) is 5.09. The number of rotatable bonds is 5. The van der Waals surface area contributed by atoms with Gasteiger partial charge in [-0.2, -0.15) is 0 Å². The van der Waals surface area contributed by atoms with Crippen molar-refractivity contribution in [1.29, 1.82) is 0 Å². The Morgan fingerprint density at radius 1 is 1.50 bits per heavy atom. The molecule has 1 heterocycles. The van der Waals surface area contributed by atoms with Gasteiger partial charge in [0.25, 0.3) is 5.56 Å². The second-order valence-electron chi connectivity index (χ2n) is 3.31. The minimum absolute atomic E-state index is 0.181. The summed E-state index contributed by atoms with van der Waals surface area (Å²) in [6.45, 7) is 2.16.